The quantitative estimate of drug-likeness (QED) is 0.380. The number of aliphatic hydroxyl groups is 1. The Balaban J connectivity index is 1.46. The Morgan fingerprint density at radius 1 is 1.11 bits per heavy atom. The van der Waals surface area contributed by atoms with Gasteiger partial charge in [-0.1, -0.05) is 11.6 Å². The number of benzene rings is 2. The van der Waals surface area contributed by atoms with E-state index in [-0.39, 0.29) is 19.1 Å². The maximum absolute atomic E-state index is 12.9. The zero-order valence-corrected chi connectivity index (χ0v) is 21.2. The van der Waals surface area contributed by atoms with Gasteiger partial charge in [0.15, 0.2) is 11.5 Å². The molecule has 3 atom stereocenters. The molecule has 8 bridgehead atoms. The van der Waals surface area contributed by atoms with Crippen LogP contribution < -0.4 is 25.4 Å². The Labute approximate surface area is 220 Å². The molecule has 1 aromatic heterocycles. The molecule has 0 saturated carbocycles. The van der Waals surface area contributed by atoms with E-state index in [0.717, 1.165) is 16.9 Å². The number of hydrogen-bond donors (Lipinski definition) is 4. The smallest absolute Gasteiger partial charge is 0.227 e. The first-order valence-corrected chi connectivity index (χ1v) is 12.5. The van der Waals surface area contributed by atoms with Crippen LogP contribution in [0.4, 0.5) is 23.0 Å². The van der Waals surface area contributed by atoms with E-state index in [1.165, 1.54) is 6.33 Å². The van der Waals surface area contributed by atoms with Crippen LogP contribution in [0, 0.1) is 5.92 Å². The fraction of sp³-hybridized carbons (Fsp3) is 0.346. The van der Waals surface area contributed by atoms with Gasteiger partial charge in [-0.05, 0) is 42.3 Å². The molecule has 1 amide bonds. The molecule has 2 aromatic carbocycles. The highest BCUT2D eigenvalue weighted by molar-refractivity contribution is 6.31. The molecule has 0 spiro atoms. The van der Waals surface area contributed by atoms with E-state index in [1.54, 1.807) is 13.2 Å². The molecule has 0 radical (unpaired) electrons. The Morgan fingerprint density at radius 3 is 2.65 bits per heavy atom. The Hall–Kier alpha value is -3.60. The van der Waals surface area contributed by atoms with Gasteiger partial charge >= 0.3 is 0 Å². The van der Waals surface area contributed by atoms with Gasteiger partial charge in [0.05, 0.1) is 25.7 Å². The minimum Gasteiger partial charge on any atom is -0.493 e. The molecular weight excluding hydrogens is 496 g/mol. The lowest BCUT2D eigenvalue weighted by molar-refractivity contribution is -0.131. The largest absolute Gasteiger partial charge is 0.493 e. The van der Waals surface area contributed by atoms with Gasteiger partial charge in [0, 0.05) is 48.2 Å². The topological polar surface area (TPSA) is 121 Å². The highest BCUT2D eigenvalue weighted by Crippen LogP contribution is 2.32. The Morgan fingerprint density at radius 2 is 1.86 bits per heavy atom. The zero-order valence-electron chi connectivity index (χ0n) is 20.4. The summed E-state index contributed by atoms with van der Waals surface area (Å²) >= 11 is 6.52. The minimum absolute atomic E-state index is 0.199. The maximum Gasteiger partial charge on any atom is 0.227 e. The molecule has 2 aliphatic heterocycles. The van der Waals surface area contributed by atoms with Crippen molar-refractivity contribution in [1.82, 2.24) is 20.2 Å². The number of hydrogen-bond acceptors (Lipinski definition) is 9. The molecule has 2 aliphatic rings. The molecular formula is C26H29ClN6O4. The second-order valence-corrected chi connectivity index (χ2v) is 9.45. The summed E-state index contributed by atoms with van der Waals surface area (Å²) in [6, 6.07) is 13.0. The summed E-state index contributed by atoms with van der Waals surface area (Å²) in [5, 5.41) is 20.6. The lowest BCUT2D eigenvalue weighted by Crippen LogP contribution is -2.50. The lowest BCUT2D eigenvalue weighted by atomic mass is 9.93. The molecule has 1 saturated heterocycles. The van der Waals surface area contributed by atoms with Gasteiger partial charge in [-0.15, -0.1) is 0 Å². The van der Waals surface area contributed by atoms with Gasteiger partial charge in [0.25, 0.3) is 0 Å². The van der Waals surface area contributed by atoms with E-state index in [9.17, 15) is 9.90 Å². The molecule has 10 nitrogen and oxygen atoms in total. The third-order valence-electron chi connectivity index (χ3n) is 6.47. The van der Waals surface area contributed by atoms with Gasteiger partial charge in [0.1, 0.15) is 24.6 Å². The number of carbonyl (C=O) groups is 1. The van der Waals surface area contributed by atoms with Gasteiger partial charge < -0.3 is 30.5 Å². The second-order valence-electron chi connectivity index (χ2n) is 9.05. The molecule has 3 unspecified atom stereocenters. The van der Waals surface area contributed by atoms with Crippen molar-refractivity contribution < 1.29 is 19.4 Å². The normalized spacial score (nSPS) is 21.9. The van der Waals surface area contributed by atoms with E-state index < -0.39 is 12.0 Å². The highest BCUT2D eigenvalue weighted by atomic mass is 35.5. The van der Waals surface area contributed by atoms with E-state index in [4.69, 9.17) is 21.1 Å². The van der Waals surface area contributed by atoms with Crippen LogP contribution in [0.25, 0.3) is 0 Å². The summed E-state index contributed by atoms with van der Waals surface area (Å²) in [7, 11) is 1.57. The third-order valence-corrected chi connectivity index (χ3v) is 6.84. The van der Waals surface area contributed by atoms with Crippen LogP contribution in [-0.4, -0.2) is 65.3 Å². The average molecular weight is 525 g/mol. The number of amides is 1. The fourth-order valence-corrected chi connectivity index (χ4v) is 4.72. The lowest BCUT2D eigenvalue weighted by Gasteiger charge is -2.35. The van der Waals surface area contributed by atoms with Crippen molar-refractivity contribution in [3.8, 4) is 11.5 Å². The highest BCUT2D eigenvalue weighted by Gasteiger charge is 2.33. The summed E-state index contributed by atoms with van der Waals surface area (Å²) < 4.78 is 11.3. The number of piperidine rings is 1. The Bertz CT molecular complexity index is 1280. The standard InChI is InChI=1S/C26H29ClN6O4/c1-36-22-5-3-18-11-23(22)37-9-7-28-26(35)19-14-33(8-6-21(19)34)13-16-10-17(2-4-20(16)27)31-24-12-25(32-18)30-15-29-24/h2-5,10-12,15,19,21,34H,6-9,13-14H2,1H3,(H,28,35)(H2,29,30,31,32). The monoisotopic (exact) mass is 524 g/mol. The van der Waals surface area contributed by atoms with Crippen LogP contribution in [0.1, 0.15) is 12.0 Å². The van der Waals surface area contributed by atoms with Crippen molar-refractivity contribution in [3.05, 3.63) is 59.4 Å². The number of nitrogens with zero attached hydrogens (tertiary/aromatic N) is 3. The first-order chi connectivity index (χ1) is 18.0. The number of methoxy groups -OCH3 is 1. The molecule has 5 rings (SSSR count). The van der Waals surface area contributed by atoms with Gasteiger partial charge in [0.2, 0.25) is 5.91 Å². The third kappa shape index (κ3) is 6.04. The fourth-order valence-electron chi connectivity index (χ4n) is 4.55. The molecule has 3 aromatic rings. The zero-order chi connectivity index (χ0) is 25.8. The summed E-state index contributed by atoms with van der Waals surface area (Å²) in [5.41, 5.74) is 2.49. The van der Waals surface area contributed by atoms with Crippen molar-refractivity contribution in [3.63, 3.8) is 0 Å². The SMILES string of the molecule is COc1ccc2cc1OCCNC(=O)C1CN(CCC1O)Cc1cc(ccc1Cl)Nc1cc(ncn1)N2. The molecule has 3 heterocycles. The molecule has 11 heteroatoms. The first kappa shape index (κ1) is 25.1. The summed E-state index contributed by atoms with van der Waals surface area (Å²) in [6.45, 7) is 2.18. The first-order valence-electron chi connectivity index (χ1n) is 12.1. The summed E-state index contributed by atoms with van der Waals surface area (Å²) in [6.07, 6.45) is 1.29. The number of nitrogens with one attached hydrogen (secondary N) is 3. The number of fused-ring (bicyclic) bond motifs is 8. The number of halogens is 1. The predicted molar refractivity (Wildman–Crippen MR) is 141 cm³/mol. The van der Waals surface area contributed by atoms with E-state index >= 15 is 0 Å². The van der Waals surface area contributed by atoms with Gasteiger partial charge in [-0.3, -0.25) is 9.69 Å². The van der Waals surface area contributed by atoms with Crippen LogP contribution in [0.2, 0.25) is 5.02 Å². The molecule has 4 N–H and O–H groups in total. The van der Waals surface area contributed by atoms with E-state index in [2.05, 4.69) is 30.8 Å². The van der Waals surface area contributed by atoms with Crippen LogP contribution in [0.3, 0.4) is 0 Å². The van der Waals surface area contributed by atoms with Crippen molar-refractivity contribution in [2.75, 3.05) is 44.0 Å². The van der Waals surface area contributed by atoms with E-state index in [0.29, 0.717) is 54.2 Å². The van der Waals surface area contributed by atoms with Gasteiger partial charge in [-0.2, -0.15) is 0 Å². The van der Waals surface area contributed by atoms with Crippen molar-refractivity contribution in [2.24, 2.45) is 5.92 Å². The number of rotatable bonds is 1. The van der Waals surface area contributed by atoms with Crippen LogP contribution in [-0.2, 0) is 11.3 Å². The number of aromatic nitrogens is 2. The molecule has 1 fully saturated rings. The summed E-state index contributed by atoms with van der Waals surface area (Å²) in [4.78, 5) is 23.7. The number of carbonyl (C=O) groups excluding carboxylic acids is 1. The van der Waals surface area contributed by atoms with Crippen LogP contribution in [0.5, 0.6) is 11.5 Å². The number of anilines is 4. The van der Waals surface area contributed by atoms with Crippen LogP contribution >= 0.6 is 11.6 Å². The Kier molecular flexibility index (Phi) is 7.59. The number of aliphatic hydroxyl groups excluding tert-OH is 1. The van der Waals surface area contributed by atoms with Crippen molar-refractivity contribution in [1.29, 1.82) is 0 Å². The van der Waals surface area contributed by atoms with Crippen molar-refractivity contribution in [2.45, 2.75) is 19.1 Å². The van der Waals surface area contributed by atoms with Gasteiger partial charge in [-0.25, -0.2) is 9.97 Å². The molecule has 0 aliphatic carbocycles. The maximum atomic E-state index is 12.9. The average Bonchev–Trinajstić information content (AvgIpc) is 2.89. The van der Waals surface area contributed by atoms with Crippen LogP contribution in [0.15, 0.2) is 48.8 Å². The molecule has 37 heavy (non-hydrogen) atoms. The molecule has 194 valence electrons. The van der Waals surface area contributed by atoms with E-state index in [1.807, 2.05) is 36.4 Å². The summed E-state index contributed by atoms with van der Waals surface area (Å²) in [5.74, 6) is 1.57. The number of ether oxygens (including phenoxy) is 2. The second kappa shape index (κ2) is 11.2. The predicted octanol–water partition coefficient (Wildman–Crippen LogP) is 3.32. The van der Waals surface area contributed by atoms with Crippen molar-refractivity contribution >= 4 is 40.5 Å². The minimum atomic E-state index is -0.701.